The van der Waals surface area contributed by atoms with Gasteiger partial charge in [-0.2, -0.15) is 0 Å². The monoisotopic (exact) mass is 764 g/mol. The first-order valence-electron chi connectivity index (χ1n) is 18.6. The largest absolute Gasteiger partial charge is 0.504 e. The minimum atomic E-state index is -1.27. The minimum absolute atomic E-state index is 0.0000356. The number of anilines is 1. The van der Waals surface area contributed by atoms with Crippen LogP contribution in [-0.4, -0.2) is 104 Å². The van der Waals surface area contributed by atoms with E-state index in [0.717, 1.165) is 25.3 Å². The molecule has 0 aromatic heterocycles. The van der Waals surface area contributed by atoms with Gasteiger partial charge in [0, 0.05) is 25.2 Å². The van der Waals surface area contributed by atoms with E-state index >= 15 is 0 Å². The van der Waals surface area contributed by atoms with Crippen molar-refractivity contribution in [1.82, 2.24) is 26.1 Å². The summed E-state index contributed by atoms with van der Waals surface area (Å²) in [6, 6.07) is 0.0951. The number of nitrogens with zero attached hydrogens (tertiary/aromatic N) is 2. The first-order valence-corrected chi connectivity index (χ1v) is 18.6. The number of nitrogen functional groups attached to an aromatic ring is 1. The number of rotatable bonds is 20. The van der Waals surface area contributed by atoms with E-state index < -0.39 is 77.3 Å². The number of hydrogen-bond acceptors (Lipinski definition) is 12. The topological polar surface area (TPSA) is 261 Å². The van der Waals surface area contributed by atoms with Crippen LogP contribution in [0.4, 0.5) is 5.69 Å². The molecular formula is C37H60N6O11. The van der Waals surface area contributed by atoms with Crippen molar-refractivity contribution in [2.45, 2.75) is 130 Å². The molecule has 0 bridgehead atoms. The quantitative estimate of drug-likeness (QED) is 0.0181. The van der Waals surface area contributed by atoms with Crippen molar-refractivity contribution in [2.24, 2.45) is 10.8 Å². The Hall–Kier alpha value is -4.64. The molecule has 1 aromatic rings. The van der Waals surface area contributed by atoms with Gasteiger partial charge in [0.1, 0.15) is 23.8 Å². The van der Waals surface area contributed by atoms with Crippen LogP contribution < -0.4 is 21.7 Å². The number of hydrogen-bond donors (Lipinski definition) is 8. The smallest absolute Gasteiger partial charge is 0.328 e. The number of carbonyl (C=O) groups is 6. The molecule has 2 rings (SSSR count). The Kier molecular flexibility index (Phi) is 17.5. The van der Waals surface area contributed by atoms with Crippen molar-refractivity contribution < 1.29 is 54.1 Å². The third kappa shape index (κ3) is 14.3. The number of ether oxygens (including phenoxy) is 1. The highest BCUT2D eigenvalue weighted by Crippen LogP contribution is 2.41. The van der Waals surface area contributed by atoms with Gasteiger partial charge >= 0.3 is 5.97 Å². The SMILES string of the molecule is CCC(C)(C)CC(C)(CC)CC(=O)N(O)CCCCC(NC(=O)CNC(=O)c1c(N)ccc(O)c1O)C(=O)OC(C)CC(=O)NC1CCCCN(O)C1=O. The van der Waals surface area contributed by atoms with Crippen LogP contribution in [0, 0.1) is 10.8 Å². The van der Waals surface area contributed by atoms with E-state index in [1.54, 1.807) is 0 Å². The van der Waals surface area contributed by atoms with Crippen LogP contribution in [-0.2, 0) is 28.7 Å². The van der Waals surface area contributed by atoms with E-state index in [1.807, 2.05) is 13.8 Å². The first-order chi connectivity index (χ1) is 25.2. The highest BCUT2D eigenvalue weighted by atomic mass is 16.5. The van der Waals surface area contributed by atoms with Crippen molar-refractivity contribution in [3.63, 3.8) is 0 Å². The van der Waals surface area contributed by atoms with Gasteiger partial charge in [0.2, 0.25) is 17.7 Å². The van der Waals surface area contributed by atoms with Crippen molar-refractivity contribution in [1.29, 1.82) is 0 Å². The predicted molar refractivity (Wildman–Crippen MR) is 197 cm³/mol. The summed E-state index contributed by atoms with van der Waals surface area (Å²) in [4.78, 5) is 76.9. The van der Waals surface area contributed by atoms with Gasteiger partial charge in [-0.05, 0) is 74.8 Å². The van der Waals surface area contributed by atoms with E-state index in [0.29, 0.717) is 29.4 Å². The van der Waals surface area contributed by atoms with Crippen LogP contribution in [0.25, 0.3) is 0 Å². The number of benzene rings is 1. The third-order valence-electron chi connectivity index (χ3n) is 9.93. The minimum Gasteiger partial charge on any atom is -0.504 e. The molecule has 1 fully saturated rings. The molecule has 1 aromatic carbocycles. The van der Waals surface area contributed by atoms with Crippen LogP contribution in [0.2, 0.25) is 0 Å². The second-order valence-electron chi connectivity index (χ2n) is 15.3. The molecule has 17 heteroatoms. The van der Waals surface area contributed by atoms with Gasteiger partial charge in [-0.1, -0.05) is 47.5 Å². The molecule has 304 valence electrons. The van der Waals surface area contributed by atoms with Gasteiger partial charge in [0.15, 0.2) is 11.5 Å². The lowest BCUT2D eigenvalue weighted by Crippen LogP contribution is -2.48. The molecule has 1 aliphatic heterocycles. The zero-order chi connectivity index (χ0) is 40.8. The summed E-state index contributed by atoms with van der Waals surface area (Å²) in [5, 5.41) is 48.8. The molecule has 4 unspecified atom stereocenters. The van der Waals surface area contributed by atoms with E-state index in [2.05, 4.69) is 36.7 Å². The zero-order valence-corrected chi connectivity index (χ0v) is 32.4. The van der Waals surface area contributed by atoms with Crippen molar-refractivity contribution in [3.05, 3.63) is 17.7 Å². The number of unbranched alkanes of at least 4 members (excludes halogenated alkanes) is 1. The van der Waals surface area contributed by atoms with E-state index in [9.17, 15) is 49.4 Å². The maximum atomic E-state index is 13.3. The summed E-state index contributed by atoms with van der Waals surface area (Å²) < 4.78 is 5.48. The lowest BCUT2D eigenvalue weighted by Gasteiger charge is -2.36. The second kappa shape index (κ2) is 20.7. The number of amides is 5. The van der Waals surface area contributed by atoms with Crippen LogP contribution >= 0.6 is 0 Å². The first kappa shape index (κ1) is 45.5. The molecule has 5 amide bonds. The number of phenolic OH excluding ortho intramolecular Hbond substituents is 2. The second-order valence-corrected chi connectivity index (χ2v) is 15.3. The molecule has 1 heterocycles. The van der Waals surface area contributed by atoms with Crippen molar-refractivity contribution in [2.75, 3.05) is 25.4 Å². The molecule has 0 aliphatic carbocycles. The summed E-state index contributed by atoms with van der Waals surface area (Å²) in [6.07, 6.45) is 3.38. The Morgan fingerprint density at radius 2 is 1.74 bits per heavy atom. The van der Waals surface area contributed by atoms with Crippen LogP contribution in [0.5, 0.6) is 11.5 Å². The maximum absolute atomic E-state index is 13.3. The van der Waals surface area contributed by atoms with E-state index in [1.165, 1.54) is 13.0 Å². The third-order valence-corrected chi connectivity index (χ3v) is 9.93. The normalized spacial score (nSPS) is 17.0. The summed E-state index contributed by atoms with van der Waals surface area (Å²) in [5.41, 5.74) is 4.87. The Balaban J connectivity index is 2.05. The fourth-order valence-corrected chi connectivity index (χ4v) is 6.36. The average Bonchev–Trinajstić information content (AvgIpc) is 3.25. The molecule has 0 radical (unpaired) electrons. The van der Waals surface area contributed by atoms with Gasteiger partial charge < -0.3 is 36.6 Å². The number of aromatic hydroxyl groups is 2. The van der Waals surface area contributed by atoms with Gasteiger partial charge in [0.25, 0.3) is 11.8 Å². The Labute approximate surface area is 316 Å². The average molecular weight is 765 g/mol. The van der Waals surface area contributed by atoms with Crippen molar-refractivity contribution in [3.8, 4) is 11.5 Å². The van der Waals surface area contributed by atoms with Gasteiger partial charge in [-0.25, -0.2) is 14.9 Å². The number of nitrogens with one attached hydrogen (secondary N) is 3. The summed E-state index contributed by atoms with van der Waals surface area (Å²) in [5.74, 6) is -5.69. The summed E-state index contributed by atoms with van der Waals surface area (Å²) >= 11 is 0. The summed E-state index contributed by atoms with van der Waals surface area (Å²) in [7, 11) is 0. The van der Waals surface area contributed by atoms with Crippen LogP contribution in [0.15, 0.2) is 12.1 Å². The number of nitrogens with two attached hydrogens (primary N) is 1. The predicted octanol–water partition coefficient (Wildman–Crippen LogP) is 3.12. The molecule has 17 nitrogen and oxygen atoms in total. The Bertz CT molecular complexity index is 1490. The van der Waals surface area contributed by atoms with E-state index in [-0.39, 0.29) is 61.7 Å². The van der Waals surface area contributed by atoms with Gasteiger partial charge in [-0.15, -0.1) is 0 Å². The molecule has 4 atom stereocenters. The van der Waals surface area contributed by atoms with Gasteiger partial charge in [-0.3, -0.25) is 34.4 Å². The molecular weight excluding hydrogens is 704 g/mol. The molecule has 1 saturated heterocycles. The molecule has 0 spiro atoms. The number of phenols is 2. The summed E-state index contributed by atoms with van der Waals surface area (Å²) in [6.45, 7) is 11.4. The lowest BCUT2D eigenvalue weighted by molar-refractivity contribution is -0.168. The Morgan fingerprint density at radius 1 is 1.06 bits per heavy atom. The number of hydroxylamine groups is 4. The van der Waals surface area contributed by atoms with E-state index in [4.69, 9.17) is 10.5 Å². The molecule has 9 N–H and O–H groups in total. The fraction of sp³-hybridized carbons (Fsp3) is 0.676. The van der Waals surface area contributed by atoms with Crippen molar-refractivity contribution >= 4 is 41.2 Å². The highest BCUT2D eigenvalue weighted by molar-refractivity contribution is 6.04. The zero-order valence-electron chi connectivity index (χ0n) is 32.4. The molecule has 0 saturated carbocycles. The Morgan fingerprint density at radius 3 is 2.39 bits per heavy atom. The fourth-order valence-electron chi connectivity index (χ4n) is 6.36. The maximum Gasteiger partial charge on any atom is 0.328 e. The van der Waals surface area contributed by atoms with Crippen LogP contribution in [0.3, 0.4) is 0 Å². The number of carbonyl (C=O) groups excluding carboxylic acids is 6. The molecule has 1 aliphatic rings. The lowest BCUT2D eigenvalue weighted by atomic mass is 9.69. The van der Waals surface area contributed by atoms with Gasteiger partial charge in [0.05, 0.1) is 13.0 Å². The standard InChI is InChI=1S/C37H60N6O11/c1-7-36(4,5)22-37(6,8-2)20-30(47)42(52)17-11-10-14-26(41-29(46)21-39-33(49)31-24(38)15-16-27(44)32(31)48)35(51)54-23(3)19-28(45)40-25-13-9-12-18-43(53)34(25)50/h15-16,23,25-26,44,48,52-53H,7-14,17-22,38H2,1-6H3,(H,39,49)(H,40,45)(H,41,46). The number of esters is 1. The van der Waals surface area contributed by atoms with Crippen LogP contribution in [0.1, 0.15) is 123 Å². The molecule has 54 heavy (non-hydrogen) atoms. The highest BCUT2D eigenvalue weighted by Gasteiger charge is 2.34.